The van der Waals surface area contributed by atoms with Crippen LogP contribution in [0.25, 0.3) is 16.6 Å². The maximum Gasteiger partial charge on any atom is 0.293 e. The van der Waals surface area contributed by atoms with Gasteiger partial charge in [-0.15, -0.1) is 0 Å². The second-order valence-corrected chi connectivity index (χ2v) is 21.9. The van der Waals surface area contributed by atoms with E-state index in [0.717, 1.165) is 93.4 Å². The summed E-state index contributed by atoms with van der Waals surface area (Å²) in [6, 6.07) is 21.2. The molecule has 2 aliphatic heterocycles. The number of hydrogen-bond acceptors (Lipinski definition) is 12. The number of aromatic nitrogens is 2. The van der Waals surface area contributed by atoms with Gasteiger partial charge in [0.2, 0.25) is 5.88 Å². The SMILES string of the molecule is CC1(C)CCC(CN2CCN(c3ccc(C(=O)NS(=O)(=O)c4ccc(NCC5C6CC(O)CC5C6)c([N+](=O)[O-])c4)c(N4CCCOc5nc6[nH]ccc6cc54)c3)CC2)=C(c2ccc(Cl)cc2)C1. The van der Waals surface area contributed by atoms with Crippen molar-refractivity contribution in [3.05, 3.63) is 111 Å². The number of aliphatic hydroxyl groups excluding tert-OH is 1. The number of fused-ring (bicyclic) bond motifs is 4. The number of rotatable bonds is 12. The Balaban J connectivity index is 0.911. The van der Waals surface area contributed by atoms with E-state index in [9.17, 15) is 28.4 Å². The number of H-pyrrole nitrogens is 1. The number of sulfonamides is 1. The van der Waals surface area contributed by atoms with Crippen molar-refractivity contribution < 1.29 is 28.0 Å². The van der Waals surface area contributed by atoms with Gasteiger partial charge in [-0.3, -0.25) is 19.8 Å². The van der Waals surface area contributed by atoms with Gasteiger partial charge in [0, 0.05) is 74.2 Å². The minimum absolute atomic E-state index is 0.110. The van der Waals surface area contributed by atoms with Crippen LogP contribution in [0.3, 0.4) is 0 Å². The Morgan fingerprint density at radius 1 is 0.985 bits per heavy atom. The predicted molar refractivity (Wildman–Crippen MR) is 261 cm³/mol. The summed E-state index contributed by atoms with van der Waals surface area (Å²) in [4.78, 5) is 40.4. The number of aliphatic hydroxyl groups is 1. The van der Waals surface area contributed by atoms with E-state index in [2.05, 4.69) is 50.8 Å². The molecular formula is C50H57ClN8O7S. The Hall–Kier alpha value is -5.68. The lowest BCUT2D eigenvalue weighted by Crippen LogP contribution is -2.48. The number of nitrogens with one attached hydrogen (secondary N) is 3. The van der Waals surface area contributed by atoms with Crippen LogP contribution in [0.2, 0.25) is 5.02 Å². The Morgan fingerprint density at radius 3 is 2.52 bits per heavy atom. The summed E-state index contributed by atoms with van der Waals surface area (Å²) in [7, 11) is -4.58. The number of benzene rings is 3. The third kappa shape index (κ3) is 9.33. The molecule has 5 aliphatic rings. The molecule has 5 aromatic rings. The lowest BCUT2D eigenvalue weighted by molar-refractivity contribution is -0.384. The van der Waals surface area contributed by atoms with Crippen LogP contribution in [0.1, 0.15) is 74.7 Å². The molecule has 3 aliphatic carbocycles. The first-order valence-corrected chi connectivity index (χ1v) is 25.3. The zero-order valence-electron chi connectivity index (χ0n) is 37.8. The second-order valence-electron chi connectivity index (χ2n) is 19.8. The zero-order chi connectivity index (χ0) is 46.6. The van der Waals surface area contributed by atoms with Gasteiger partial charge >= 0.3 is 0 Å². The molecule has 67 heavy (non-hydrogen) atoms. The zero-order valence-corrected chi connectivity index (χ0v) is 39.4. The van der Waals surface area contributed by atoms with E-state index in [1.165, 1.54) is 28.8 Å². The number of piperazine rings is 1. The number of pyridine rings is 1. The van der Waals surface area contributed by atoms with Crippen molar-refractivity contribution >= 4 is 72.6 Å². The summed E-state index contributed by atoms with van der Waals surface area (Å²) in [5.41, 5.74) is 6.92. The van der Waals surface area contributed by atoms with Gasteiger partial charge < -0.3 is 29.9 Å². The molecule has 2 bridgehead atoms. The smallest absolute Gasteiger partial charge is 0.293 e. The average molecular weight is 950 g/mol. The summed E-state index contributed by atoms with van der Waals surface area (Å²) in [6.07, 6.45) is 7.79. The van der Waals surface area contributed by atoms with E-state index in [0.29, 0.717) is 60.9 Å². The molecule has 2 atom stereocenters. The highest BCUT2D eigenvalue weighted by Crippen LogP contribution is 2.51. The van der Waals surface area contributed by atoms with E-state index in [1.807, 2.05) is 41.3 Å². The van der Waals surface area contributed by atoms with E-state index < -0.39 is 31.4 Å². The topological polar surface area (TPSA) is 186 Å². The number of nitro benzene ring substituents is 1. The highest BCUT2D eigenvalue weighted by molar-refractivity contribution is 7.90. The molecule has 1 amide bonds. The van der Waals surface area contributed by atoms with Gasteiger partial charge in [-0.2, -0.15) is 4.98 Å². The molecule has 3 aromatic carbocycles. The van der Waals surface area contributed by atoms with E-state index in [1.54, 1.807) is 12.3 Å². The average Bonchev–Trinajstić information content (AvgIpc) is 3.67. The number of aromatic amines is 1. The van der Waals surface area contributed by atoms with Crippen molar-refractivity contribution in [2.24, 2.45) is 23.2 Å². The van der Waals surface area contributed by atoms with Crippen LogP contribution >= 0.6 is 11.6 Å². The van der Waals surface area contributed by atoms with Crippen LogP contribution in [0.4, 0.5) is 28.4 Å². The number of hydrogen-bond donors (Lipinski definition) is 4. The Bertz CT molecular complexity index is 2850. The van der Waals surface area contributed by atoms with Gasteiger partial charge in [0.15, 0.2) is 0 Å². The van der Waals surface area contributed by atoms with Gasteiger partial charge in [0.25, 0.3) is 21.6 Å². The standard InChI is InChI=1S/C50H57ClN8O7S/c1-50(2)14-12-33(41(28-50)31-4-6-36(51)7-5-31)30-56-17-19-57(20-18-56)37-8-10-40(44(26-37)58-16-3-21-66-49-46(58)25-32-13-15-52-47(32)54-49)48(61)55-67(64,65)39-9-11-43(45(27-39)59(62)63)53-29-42-34-22-35(42)24-38(60)23-34/h4-11,13,15,25-27,34-35,38,42,53,60H,3,12,14,16-24,28-30H2,1-2H3,(H,52,54)(H,55,61). The lowest BCUT2D eigenvalue weighted by atomic mass is 9.56. The number of amides is 1. The van der Waals surface area contributed by atoms with Crippen LogP contribution in [0.15, 0.2) is 89.5 Å². The minimum Gasteiger partial charge on any atom is -0.476 e. The number of ether oxygens (including phenoxy) is 1. The van der Waals surface area contributed by atoms with Crippen LogP contribution in [0.5, 0.6) is 5.88 Å². The molecule has 2 aromatic heterocycles. The molecule has 1 saturated heterocycles. The van der Waals surface area contributed by atoms with Gasteiger partial charge in [-0.05, 0) is 134 Å². The molecule has 2 saturated carbocycles. The summed E-state index contributed by atoms with van der Waals surface area (Å²) >= 11 is 6.28. The first kappa shape index (κ1) is 45.1. The van der Waals surface area contributed by atoms with Crippen molar-refractivity contribution in [3.8, 4) is 5.88 Å². The van der Waals surface area contributed by atoms with Gasteiger partial charge in [-0.1, -0.05) is 43.2 Å². The number of carbonyl (C=O) groups is 1. The Morgan fingerprint density at radius 2 is 1.76 bits per heavy atom. The number of allylic oxidation sites excluding steroid dienone is 1. The van der Waals surface area contributed by atoms with Crippen molar-refractivity contribution in [1.82, 2.24) is 19.6 Å². The van der Waals surface area contributed by atoms with E-state index in [-0.39, 0.29) is 28.7 Å². The Kier molecular flexibility index (Phi) is 12.2. The number of anilines is 4. The molecule has 0 radical (unpaired) electrons. The molecule has 3 fully saturated rings. The van der Waals surface area contributed by atoms with Gasteiger partial charge in [0.05, 0.1) is 33.8 Å². The second kappa shape index (κ2) is 18.1. The molecule has 17 heteroatoms. The normalized spacial score (nSPS) is 22.9. The molecular weight excluding hydrogens is 892 g/mol. The number of nitro groups is 1. The highest BCUT2D eigenvalue weighted by atomic mass is 35.5. The number of nitrogens with zero attached hydrogens (tertiary/aromatic N) is 5. The van der Waals surface area contributed by atoms with Crippen molar-refractivity contribution in [2.45, 2.75) is 69.8 Å². The fraction of sp³-hybridized carbons (Fsp3) is 0.440. The molecule has 4 N–H and O–H groups in total. The molecule has 4 heterocycles. The van der Waals surface area contributed by atoms with Crippen molar-refractivity contribution in [1.29, 1.82) is 0 Å². The Labute approximate surface area is 395 Å². The lowest BCUT2D eigenvalue weighted by Gasteiger charge is -2.51. The molecule has 2 unspecified atom stereocenters. The minimum atomic E-state index is -4.58. The number of halogens is 1. The molecule has 15 nitrogen and oxygen atoms in total. The highest BCUT2D eigenvalue weighted by Gasteiger charge is 2.46. The van der Waals surface area contributed by atoms with Crippen molar-refractivity contribution in [2.75, 3.05) is 67.5 Å². The van der Waals surface area contributed by atoms with Gasteiger partial charge in [0.1, 0.15) is 17.0 Å². The summed E-state index contributed by atoms with van der Waals surface area (Å²) < 4.78 is 36.4. The van der Waals surface area contributed by atoms with Crippen LogP contribution in [-0.2, 0) is 10.0 Å². The molecule has 10 rings (SSSR count). The first-order chi connectivity index (χ1) is 32.2. The van der Waals surface area contributed by atoms with Crippen LogP contribution in [-0.4, -0.2) is 97.7 Å². The maximum atomic E-state index is 14.4. The maximum absolute atomic E-state index is 14.4. The predicted octanol–water partition coefficient (Wildman–Crippen LogP) is 8.77. The first-order valence-electron chi connectivity index (χ1n) is 23.4. The van der Waals surface area contributed by atoms with Gasteiger partial charge in [-0.25, -0.2) is 13.1 Å². The fourth-order valence-electron chi connectivity index (χ4n) is 11.1. The monoisotopic (exact) mass is 948 g/mol. The van der Waals surface area contributed by atoms with Crippen LogP contribution in [0, 0.1) is 33.3 Å². The fourth-order valence-corrected chi connectivity index (χ4v) is 12.2. The summed E-state index contributed by atoms with van der Waals surface area (Å²) in [5, 5.41) is 27.1. The third-order valence-electron chi connectivity index (χ3n) is 14.8. The molecule has 352 valence electrons. The quantitative estimate of drug-likeness (QED) is 0.0689. The molecule has 0 spiro atoms. The summed E-state index contributed by atoms with van der Waals surface area (Å²) in [6.45, 7) is 10.1. The largest absolute Gasteiger partial charge is 0.476 e. The third-order valence-corrected chi connectivity index (χ3v) is 16.4. The van der Waals surface area contributed by atoms with Crippen molar-refractivity contribution in [3.63, 3.8) is 0 Å². The number of carbonyl (C=O) groups excluding carboxylic acids is 1. The van der Waals surface area contributed by atoms with E-state index >= 15 is 0 Å². The van der Waals surface area contributed by atoms with Crippen LogP contribution < -0.4 is 24.6 Å². The van der Waals surface area contributed by atoms with E-state index in [4.69, 9.17) is 21.3 Å². The summed E-state index contributed by atoms with van der Waals surface area (Å²) in [5.74, 6) is 0.521.